The molecule has 1 saturated heterocycles. The van der Waals surface area contributed by atoms with Crippen molar-refractivity contribution in [3.05, 3.63) is 88.0 Å². The van der Waals surface area contributed by atoms with Gasteiger partial charge in [0, 0.05) is 48.9 Å². The van der Waals surface area contributed by atoms with E-state index in [9.17, 15) is 28.8 Å². The number of ether oxygens (including phenoxy) is 5. The molecule has 18 heteroatoms. The predicted molar refractivity (Wildman–Crippen MR) is 217 cm³/mol. The van der Waals surface area contributed by atoms with Crippen molar-refractivity contribution in [2.75, 3.05) is 79.3 Å². The number of hydrogen-bond acceptors (Lipinski definition) is 13. The van der Waals surface area contributed by atoms with Crippen molar-refractivity contribution >= 4 is 47.0 Å². The summed E-state index contributed by atoms with van der Waals surface area (Å²) in [6.07, 6.45) is 0.668. The summed E-state index contributed by atoms with van der Waals surface area (Å²) in [5.74, 6) is -1.40. The van der Waals surface area contributed by atoms with Crippen molar-refractivity contribution in [2.24, 2.45) is 5.10 Å². The van der Waals surface area contributed by atoms with Gasteiger partial charge in [0.15, 0.2) is 11.5 Å². The Balaban J connectivity index is 0.876. The highest BCUT2D eigenvalue weighted by atomic mass is 16.5. The van der Waals surface area contributed by atoms with Crippen molar-refractivity contribution in [1.29, 1.82) is 0 Å². The molecule has 0 saturated carbocycles. The summed E-state index contributed by atoms with van der Waals surface area (Å²) in [5.41, 5.74) is 4.28. The number of imide groups is 2. The first kappa shape index (κ1) is 43.2. The predicted octanol–water partition coefficient (Wildman–Crippen LogP) is 2.34. The van der Waals surface area contributed by atoms with Crippen LogP contribution in [0.15, 0.2) is 59.7 Å². The lowest BCUT2D eigenvalue weighted by Gasteiger charge is -2.27. The standard InChI is InChI=1S/C42H49N7O11/c1-25-22-28-23-33(56-3)34(57-4)24-30(28)37(47-49(25)42(55)43-2)26-8-10-27(11-9-26)38(51)45-15-17-59-19-21-60-20-18-58-16-14-44-31-7-5-6-29-36(31)41(54)48(40(29)53)32-12-13-35(50)46-39(32)52/h5-11,23-25,32,44H,12-22H2,1-4H3,(H,43,55)(H,45,51)(H,46,50,52)/t25-,32-/m0/s1. The Hall–Kier alpha value is -6.37. The van der Waals surface area contributed by atoms with Crippen molar-refractivity contribution in [3.63, 3.8) is 0 Å². The fourth-order valence-corrected chi connectivity index (χ4v) is 7.13. The molecule has 318 valence electrons. The Morgan fingerprint density at radius 3 is 2.17 bits per heavy atom. The van der Waals surface area contributed by atoms with E-state index in [4.69, 9.17) is 28.8 Å². The molecule has 3 heterocycles. The van der Waals surface area contributed by atoms with Crippen LogP contribution in [0.1, 0.15) is 67.5 Å². The second kappa shape index (κ2) is 20.1. The summed E-state index contributed by atoms with van der Waals surface area (Å²) < 4.78 is 27.9. The van der Waals surface area contributed by atoms with E-state index in [2.05, 4.69) is 21.3 Å². The lowest BCUT2D eigenvalue weighted by Crippen LogP contribution is -2.54. The topological polar surface area (TPSA) is 216 Å². The van der Waals surface area contributed by atoms with Gasteiger partial charge in [0.2, 0.25) is 11.8 Å². The molecule has 0 spiro atoms. The molecule has 60 heavy (non-hydrogen) atoms. The number of carbonyl (C=O) groups excluding carboxylic acids is 6. The Labute approximate surface area is 346 Å². The molecule has 4 N–H and O–H groups in total. The van der Waals surface area contributed by atoms with Crippen LogP contribution in [0.3, 0.4) is 0 Å². The number of hydrazone groups is 1. The van der Waals surface area contributed by atoms with Crippen LogP contribution in [-0.2, 0) is 30.2 Å². The summed E-state index contributed by atoms with van der Waals surface area (Å²) in [4.78, 5) is 76.8. The largest absolute Gasteiger partial charge is 0.493 e. The molecule has 18 nitrogen and oxygen atoms in total. The number of anilines is 1. The smallest absolute Gasteiger partial charge is 0.337 e. The summed E-state index contributed by atoms with van der Waals surface area (Å²) in [6.45, 7) is 4.43. The third-order valence-electron chi connectivity index (χ3n) is 10.2. The van der Waals surface area contributed by atoms with E-state index < -0.39 is 29.7 Å². The number of methoxy groups -OCH3 is 2. The number of nitrogens with one attached hydrogen (secondary N) is 4. The van der Waals surface area contributed by atoms with Crippen LogP contribution in [0.2, 0.25) is 0 Å². The van der Waals surface area contributed by atoms with E-state index in [1.54, 1.807) is 57.7 Å². The maximum absolute atomic E-state index is 13.2. The van der Waals surface area contributed by atoms with Crippen LogP contribution in [0.4, 0.5) is 10.5 Å². The molecule has 3 aromatic carbocycles. The van der Waals surface area contributed by atoms with Crippen molar-refractivity contribution in [3.8, 4) is 11.5 Å². The molecule has 3 aromatic rings. The molecule has 0 aromatic heterocycles. The average Bonchev–Trinajstić information content (AvgIpc) is 3.41. The summed E-state index contributed by atoms with van der Waals surface area (Å²) in [7, 11) is 4.69. The summed E-state index contributed by atoms with van der Waals surface area (Å²) in [5, 5.41) is 17.0. The lowest BCUT2D eigenvalue weighted by molar-refractivity contribution is -0.136. The Morgan fingerprint density at radius 2 is 1.50 bits per heavy atom. The lowest BCUT2D eigenvalue weighted by atomic mass is 9.93. The van der Waals surface area contributed by atoms with Gasteiger partial charge < -0.3 is 39.6 Å². The highest BCUT2D eigenvalue weighted by Crippen LogP contribution is 2.35. The van der Waals surface area contributed by atoms with Crippen molar-refractivity contribution < 1.29 is 52.5 Å². The van der Waals surface area contributed by atoms with Gasteiger partial charge in [-0.1, -0.05) is 18.2 Å². The highest BCUT2D eigenvalue weighted by Gasteiger charge is 2.45. The zero-order valence-electron chi connectivity index (χ0n) is 34.0. The fraction of sp³-hybridized carbons (Fsp3) is 0.405. The molecule has 2 atom stereocenters. The maximum atomic E-state index is 13.2. The van der Waals surface area contributed by atoms with E-state index in [-0.39, 0.29) is 55.1 Å². The number of hydrogen-bond donors (Lipinski definition) is 4. The molecule has 7 amide bonds. The second-order valence-electron chi connectivity index (χ2n) is 14.0. The highest BCUT2D eigenvalue weighted by molar-refractivity contribution is 6.25. The van der Waals surface area contributed by atoms with Gasteiger partial charge >= 0.3 is 6.03 Å². The molecule has 6 rings (SSSR count). The van der Waals surface area contributed by atoms with E-state index in [1.807, 2.05) is 19.1 Å². The third kappa shape index (κ3) is 9.73. The van der Waals surface area contributed by atoms with Gasteiger partial charge in [-0.25, -0.2) is 9.80 Å². The van der Waals surface area contributed by atoms with Gasteiger partial charge in [0.25, 0.3) is 17.7 Å². The summed E-state index contributed by atoms with van der Waals surface area (Å²) in [6, 6.07) is 14.0. The quantitative estimate of drug-likeness (QED) is 0.107. The normalized spacial score (nSPS) is 17.3. The van der Waals surface area contributed by atoms with Crippen molar-refractivity contribution in [1.82, 2.24) is 25.9 Å². The molecule has 0 radical (unpaired) electrons. The summed E-state index contributed by atoms with van der Waals surface area (Å²) >= 11 is 0. The van der Waals surface area contributed by atoms with Gasteiger partial charge in [-0.3, -0.25) is 34.2 Å². The number of rotatable bonds is 18. The molecular formula is C42H49N7O11. The average molecular weight is 828 g/mol. The van der Waals surface area contributed by atoms with Crippen LogP contribution >= 0.6 is 0 Å². The number of benzene rings is 3. The molecule has 3 aliphatic rings. The van der Waals surface area contributed by atoms with E-state index in [1.165, 1.54) is 11.1 Å². The molecule has 0 unspecified atom stereocenters. The van der Waals surface area contributed by atoms with Gasteiger partial charge in [0.1, 0.15) is 6.04 Å². The Kier molecular flexibility index (Phi) is 14.4. The zero-order valence-corrected chi connectivity index (χ0v) is 34.0. The first-order chi connectivity index (χ1) is 29.1. The Bertz CT molecular complexity index is 2140. The molecule has 3 aliphatic heterocycles. The minimum Gasteiger partial charge on any atom is -0.493 e. The fourth-order valence-electron chi connectivity index (χ4n) is 7.13. The van der Waals surface area contributed by atoms with Crippen LogP contribution in [-0.4, -0.2) is 137 Å². The van der Waals surface area contributed by atoms with Crippen LogP contribution in [0.25, 0.3) is 0 Å². The SMILES string of the molecule is CNC(=O)N1N=C(c2ccc(C(=O)NCCOCCOCCOCCNc3cccc4c3C(=O)N([C@H]3CCC(=O)NC3=O)C4=O)cc2)c2cc(OC)c(OC)cc2C[C@@H]1C. The first-order valence-electron chi connectivity index (χ1n) is 19.6. The van der Waals surface area contributed by atoms with Gasteiger partial charge in [0.05, 0.1) is 76.7 Å². The van der Waals surface area contributed by atoms with Gasteiger partial charge in [-0.2, -0.15) is 5.10 Å². The van der Waals surface area contributed by atoms with Crippen LogP contribution in [0, 0.1) is 0 Å². The minimum absolute atomic E-state index is 0.0492. The molecule has 0 aliphatic carbocycles. The van der Waals surface area contributed by atoms with E-state index in [0.29, 0.717) is 80.0 Å². The molecular weight excluding hydrogens is 778 g/mol. The number of piperidine rings is 1. The number of fused-ring (bicyclic) bond motifs is 2. The van der Waals surface area contributed by atoms with E-state index in [0.717, 1.165) is 16.0 Å². The first-order valence-corrected chi connectivity index (χ1v) is 19.6. The van der Waals surface area contributed by atoms with Crippen LogP contribution in [0.5, 0.6) is 11.5 Å². The van der Waals surface area contributed by atoms with Gasteiger partial charge in [-0.05, 0) is 61.7 Å². The maximum Gasteiger partial charge on any atom is 0.337 e. The Morgan fingerprint density at radius 1 is 0.833 bits per heavy atom. The number of carbonyl (C=O) groups is 6. The third-order valence-corrected chi connectivity index (χ3v) is 10.2. The van der Waals surface area contributed by atoms with E-state index >= 15 is 0 Å². The monoisotopic (exact) mass is 827 g/mol. The molecule has 1 fully saturated rings. The zero-order chi connectivity index (χ0) is 42.8. The number of nitrogens with zero attached hydrogens (tertiary/aromatic N) is 3. The van der Waals surface area contributed by atoms with Crippen LogP contribution < -0.4 is 30.7 Å². The second-order valence-corrected chi connectivity index (χ2v) is 14.0. The minimum atomic E-state index is -1.03. The molecule has 0 bridgehead atoms. The van der Waals surface area contributed by atoms with Crippen molar-refractivity contribution in [2.45, 2.75) is 38.3 Å². The number of urea groups is 1. The van der Waals surface area contributed by atoms with Gasteiger partial charge in [-0.15, -0.1) is 0 Å². The number of amides is 7.